The van der Waals surface area contributed by atoms with Crippen molar-refractivity contribution in [2.45, 2.75) is 57.1 Å². The van der Waals surface area contributed by atoms with E-state index in [9.17, 15) is 9.18 Å². The summed E-state index contributed by atoms with van der Waals surface area (Å²) in [6.07, 6.45) is 8.13. The second kappa shape index (κ2) is 10.9. The van der Waals surface area contributed by atoms with E-state index in [-0.39, 0.29) is 17.9 Å². The molecule has 5 aromatic heterocycles. The zero-order valence-corrected chi connectivity index (χ0v) is 23.8. The molecule has 1 aliphatic rings. The minimum absolute atomic E-state index is 0.0446. The number of hydrogen-bond donors (Lipinski definition) is 3. The van der Waals surface area contributed by atoms with Crippen molar-refractivity contribution in [3.8, 4) is 5.82 Å². The van der Waals surface area contributed by atoms with Crippen molar-refractivity contribution in [1.82, 2.24) is 49.8 Å². The predicted octanol–water partition coefficient (Wildman–Crippen LogP) is 3.78. The van der Waals surface area contributed by atoms with Crippen molar-refractivity contribution < 1.29 is 13.9 Å². The Hall–Kier alpha value is -4.72. The van der Waals surface area contributed by atoms with Crippen LogP contribution in [0, 0.1) is 12.7 Å². The molecule has 3 N–H and O–H groups in total. The number of ether oxygens (including phenoxy) is 1. The van der Waals surface area contributed by atoms with Gasteiger partial charge in [0.2, 0.25) is 0 Å². The molecule has 0 radical (unpaired) electrons. The molecule has 1 aliphatic carbocycles. The first-order valence-corrected chi connectivity index (χ1v) is 13.8. The number of aromatic nitrogens is 9. The van der Waals surface area contributed by atoms with E-state index in [1.54, 1.807) is 25.7 Å². The van der Waals surface area contributed by atoms with E-state index in [0.717, 1.165) is 23.1 Å². The number of nitrogens with zero attached hydrogens (tertiary/aromatic N) is 8. The zero-order chi connectivity index (χ0) is 29.4. The van der Waals surface area contributed by atoms with Crippen LogP contribution >= 0.6 is 0 Å². The van der Waals surface area contributed by atoms with Crippen LogP contribution in [0.25, 0.3) is 17.0 Å². The number of carbonyl (C=O) groups excluding carboxylic acids is 1. The van der Waals surface area contributed by atoms with Gasteiger partial charge in [0.1, 0.15) is 11.4 Å². The highest BCUT2D eigenvalue weighted by Gasteiger charge is 2.43. The molecule has 1 atom stereocenters. The van der Waals surface area contributed by atoms with Gasteiger partial charge in [0.15, 0.2) is 34.4 Å². The highest BCUT2D eigenvalue weighted by molar-refractivity contribution is 5.86. The Morgan fingerprint density at radius 2 is 2.02 bits per heavy atom. The van der Waals surface area contributed by atoms with Gasteiger partial charge in [-0.15, -0.1) is 0 Å². The molecule has 14 heteroatoms. The van der Waals surface area contributed by atoms with Gasteiger partial charge in [0, 0.05) is 38.0 Å². The molecule has 1 saturated carbocycles. The topological polar surface area (TPSA) is 153 Å². The summed E-state index contributed by atoms with van der Waals surface area (Å²) in [4.78, 5) is 32.1. The molecule has 6 rings (SSSR count). The third-order valence-electron chi connectivity index (χ3n) is 7.90. The summed E-state index contributed by atoms with van der Waals surface area (Å²) in [6.45, 7) is 3.82. The standard InChI is InChI=1S/C28H32FN11O2/c1-16-11-21(38-37-16)34-25-23-26(39(3)15-31-23)36-24(35-25)18-7-9-28(42-4,10-8-18)27(41)33-17(2)19-5-6-22(30-12-19)40-14-20(29)13-32-40/h5-6,11-15,17-18H,7-10H2,1-4H3,(H,33,41)(H2,34,35,36,37,38)/t17-,18-,28+/m0/s1. The Bertz CT molecular complexity index is 1720. The van der Waals surface area contributed by atoms with Crippen LogP contribution in [0.1, 0.15) is 61.6 Å². The minimum atomic E-state index is -0.963. The molecule has 1 fully saturated rings. The first kappa shape index (κ1) is 27.4. The molecule has 0 aliphatic heterocycles. The number of nitrogens with one attached hydrogen (secondary N) is 3. The second-order valence-electron chi connectivity index (χ2n) is 10.7. The SMILES string of the molecule is CO[C@]1(C(=O)N[C@@H](C)c2ccc(-n3cc(F)cn3)nc2)CC[C@H](c2nc(Nc3cc(C)[nH]n3)c3ncn(C)c3n2)CC1. The summed E-state index contributed by atoms with van der Waals surface area (Å²) in [7, 11) is 3.48. The fourth-order valence-electron chi connectivity index (χ4n) is 5.39. The van der Waals surface area contributed by atoms with Gasteiger partial charge in [0.25, 0.3) is 5.91 Å². The zero-order valence-electron chi connectivity index (χ0n) is 23.8. The van der Waals surface area contributed by atoms with E-state index in [2.05, 4.69) is 35.9 Å². The van der Waals surface area contributed by atoms with Gasteiger partial charge in [0.05, 0.1) is 24.8 Å². The number of hydrogen-bond acceptors (Lipinski definition) is 9. The lowest BCUT2D eigenvalue weighted by Crippen LogP contribution is -2.50. The van der Waals surface area contributed by atoms with Crippen LogP contribution in [0.4, 0.5) is 16.0 Å². The molecule has 1 amide bonds. The quantitative estimate of drug-likeness (QED) is 0.252. The number of aryl methyl sites for hydroxylation is 2. The number of H-pyrrole nitrogens is 1. The van der Waals surface area contributed by atoms with Crippen LogP contribution in [0.15, 0.2) is 43.1 Å². The second-order valence-corrected chi connectivity index (χ2v) is 10.7. The van der Waals surface area contributed by atoms with Gasteiger partial charge in [-0.25, -0.2) is 29.0 Å². The molecular weight excluding hydrogens is 541 g/mol. The Morgan fingerprint density at radius 3 is 2.67 bits per heavy atom. The maximum atomic E-state index is 13.5. The van der Waals surface area contributed by atoms with Gasteiger partial charge >= 0.3 is 0 Å². The predicted molar refractivity (Wildman–Crippen MR) is 152 cm³/mol. The maximum absolute atomic E-state index is 13.5. The number of halogens is 1. The Labute approximate surface area is 241 Å². The molecule has 42 heavy (non-hydrogen) atoms. The number of pyridine rings is 1. The van der Waals surface area contributed by atoms with E-state index in [1.807, 2.05) is 37.6 Å². The largest absolute Gasteiger partial charge is 0.368 e. The summed E-state index contributed by atoms with van der Waals surface area (Å²) in [6, 6.07) is 5.16. The molecule has 0 saturated heterocycles. The van der Waals surface area contributed by atoms with Crippen LogP contribution in [-0.2, 0) is 16.6 Å². The van der Waals surface area contributed by atoms with Crippen molar-refractivity contribution in [3.05, 3.63) is 66.0 Å². The first-order chi connectivity index (χ1) is 20.2. The van der Waals surface area contributed by atoms with Crippen LogP contribution in [0.3, 0.4) is 0 Å². The van der Waals surface area contributed by atoms with E-state index < -0.39 is 11.4 Å². The van der Waals surface area contributed by atoms with Crippen molar-refractivity contribution >= 4 is 28.7 Å². The number of imidazole rings is 1. The van der Waals surface area contributed by atoms with Gasteiger partial charge in [-0.2, -0.15) is 10.2 Å². The monoisotopic (exact) mass is 573 g/mol. The number of fused-ring (bicyclic) bond motifs is 1. The van der Waals surface area contributed by atoms with Gasteiger partial charge in [-0.3, -0.25) is 9.89 Å². The molecule has 218 valence electrons. The number of carbonyl (C=O) groups is 1. The molecule has 0 unspecified atom stereocenters. The summed E-state index contributed by atoms with van der Waals surface area (Å²) in [5.41, 5.74) is 2.16. The lowest BCUT2D eigenvalue weighted by Gasteiger charge is -2.38. The van der Waals surface area contributed by atoms with E-state index in [1.165, 1.54) is 10.9 Å². The molecule has 0 spiro atoms. The van der Waals surface area contributed by atoms with Crippen LogP contribution in [0.5, 0.6) is 0 Å². The van der Waals surface area contributed by atoms with E-state index >= 15 is 0 Å². The Morgan fingerprint density at radius 1 is 1.21 bits per heavy atom. The average molecular weight is 574 g/mol. The molecular formula is C28H32FN11O2. The third-order valence-corrected chi connectivity index (χ3v) is 7.90. The number of anilines is 2. The Balaban J connectivity index is 1.15. The minimum Gasteiger partial charge on any atom is -0.368 e. The number of rotatable bonds is 8. The highest BCUT2D eigenvalue weighted by atomic mass is 19.1. The van der Waals surface area contributed by atoms with Crippen molar-refractivity contribution in [2.75, 3.05) is 12.4 Å². The van der Waals surface area contributed by atoms with Gasteiger partial charge in [-0.1, -0.05) is 6.07 Å². The van der Waals surface area contributed by atoms with E-state index in [0.29, 0.717) is 54.5 Å². The normalized spacial score (nSPS) is 19.6. The van der Waals surface area contributed by atoms with Crippen LogP contribution in [0.2, 0.25) is 0 Å². The number of amides is 1. The smallest absolute Gasteiger partial charge is 0.252 e. The number of methoxy groups -OCH3 is 1. The van der Waals surface area contributed by atoms with Crippen molar-refractivity contribution in [3.63, 3.8) is 0 Å². The lowest BCUT2D eigenvalue weighted by atomic mass is 9.77. The summed E-state index contributed by atoms with van der Waals surface area (Å²) >= 11 is 0. The molecule has 5 aromatic rings. The summed E-state index contributed by atoms with van der Waals surface area (Å²) in [5.74, 6) is 1.86. The van der Waals surface area contributed by atoms with Gasteiger partial charge < -0.3 is 19.9 Å². The molecule has 0 bridgehead atoms. The van der Waals surface area contributed by atoms with Crippen molar-refractivity contribution in [2.24, 2.45) is 7.05 Å². The van der Waals surface area contributed by atoms with Crippen molar-refractivity contribution in [1.29, 1.82) is 0 Å². The third kappa shape index (κ3) is 5.20. The summed E-state index contributed by atoms with van der Waals surface area (Å²) < 4.78 is 22.4. The van der Waals surface area contributed by atoms with Gasteiger partial charge in [-0.05, 0) is 51.2 Å². The summed E-state index contributed by atoms with van der Waals surface area (Å²) in [5, 5.41) is 17.5. The van der Waals surface area contributed by atoms with Crippen LogP contribution in [-0.4, -0.2) is 63.1 Å². The van der Waals surface area contributed by atoms with Crippen LogP contribution < -0.4 is 10.6 Å². The molecule has 0 aromatic carbocycles. The Kier molecular flexibility index (Phi) is 7.14. The lowest BCUT2D eigenvalue weighted by molar-refractivity contribution is -0.148. The average Bonchev–Trinajstić information content (AvgIpc) is 3.73. The first-order valence-electron chi connectivity index (χ1n) is 13.8. The highest BCUT2D eigenvalue weighted by Crippen LogP contribution is 2.40. The maximum Gasteiger partial charge on any atom is 0.252 e. The van der Waals surface area contributed by atoms with E-state index in [4.69, 9.17) is 14.7 Å². The fraction of sp³-hybridized carbons (Fsp3) is 0.393. The number of aromatic amines is 1. The molecule has 13 nitrogen and oxygen atoms in total. The fourth-order valence-corrected chi connectivity index (χ4v) is 5.39. The molecule has 5 heterocycles.